The quantitative estimate of drug-likeness (QED) is 0.480. The number of piperidine rings is 1. The van der Waals surface area contributed by atoms with Gasteiger partial charge in [-0.2, -0.15) is 0 Å². The minimum absolute atomic E-state index is 0.00971. The zero-order valence-corrected chi connectivity index (χ0v) is 20.6. The van der Waals surface area contributed by atoms with Crippen LogP contribution in [0.2, 0.25) is 5.28 Å². The van der Waals surface area contributed by atoms with Gasteiger partial charge < -0.3 is 24.9 Å². The van der Waals surface area contributed by atoms with Gasteiger partial charge in [0.25, 0.3) is 0 Å². The number of β-amino-alcohol motifs (C(OH)–C–C–N with tert-alkyl or cyclic N) is 1. The molecule has 2 saturated heterocycles. The summed E-state index contributed by atoms with van der Waals surface area (Å²) in [5.41, 5.74) is -1.59. The van der Waals surface area contributed by atoms with Crippen LogP contribution >= 0.6 is 11.6 Å². The van der Waals surface area contributed by atoms with Gasteiger partial charge in [0.15, 0.2) is 0 Å². The Labute approximate surface area is 199 Å². The summed E-state index contributed by atoms with van der Waals surface area (Å²) >= 11 is 5.99. The van der Waals surface area contributed by atoms with Gasteiger partial charge in [-0.3, -0.25) is 14.4 Å². The Hall–Kier alpha value is -1.95. The molecule has 0 saturated carbocycles. The van der Waals surface area contributed by atoms with Crippen LogP contribution in [0, 0.1) is 10.1 Å². The first-order chi connectivity index (χ1) is 15.3. The molecule has 12 heteroatoms. The summed E-state index contributed by atoms with van der Waals surface area (Å²) in [7, 11) is 0. The van der Waals surface area contributed by atoms with Gasteiger partial charge in [0.05, 0.1) is 12.1 Å². The molecule has 1 aromatic rings. The number of carbonyl (C=O) groups excluding carboxylic acids is 1. The molecule has 0 spiro atoms. The van der Waals surface area contributed by atoms with Crippen molar-refractivity contribution in [2.75, 3.05) is 45.8 Å². The second-order valence-corrected chi connectivity index (χ2v) is 10.6. The summed E-state index contributed by atoms with van der Waals surface area (Å²) in [5, 5.41) is 21.8. The fourth-order valence-corrected chi connectivity index (χ4v) is 4.70. The lowest BCUT2D eigenvalue weighted by molar-refractivity contribution is -0.389. The Morgan fingerprint density at radius 1 is 1.18 bits per heavy atom. The van der Waals surface area contributed by atoms with Gasteiger partial charge in [-0.25, -0.2) is 4.79 Å². The zero-order valence-electron chi connectivity index (χ0n) is 19.9. The number of aliphatic hydroxyl groups is 1. The Kier molecular flexibility index (Phi) is 7.87. The molecular formula is C21H35ClN6O5. The summed E-state index contributed by atoms with van der Waals surface area (Å²) in [4.78, 5) is 32.7. The normalized spacial score (nSPS) is 21.1. The molecule has 2 aliphatic rings. The van der Waals surface area contributed by atoms with Gasteiger partial charge in [0, 0.05) is 51.9 Å². The molecule has 0 unspecified atom stereocenters. The maximum absolute atomic E-state index is 12.3. The molecule has 33 heavy (non-hydrogen) atoms. The van der Waals surface area contributed by atoms with E-state index in [0.29, 0.717) is 25.7 Å². The number of carbonyl (C=O) groups is 1. The van der Waals surface area contributed by atoms with Crippen molar-refractivity contribution in [1.29, 1.82) is 0 Å². The van der Waals surface area contributed by atoms with E-state index in [9.17, 15) is 20.0 Å². The molecular weight excluding hydrogens is 452 g/mol. The van der Waals surface area contributed by atoms with E-state index in [-0.39, 0.29) is 23.7 Å². The van der Waals surface area contributed by atoms with Gasteiger partial charge in [-0.1, -0.05) is 0 Å². The minimum Gasteiger partial charge on any atom is -0.444 e. The van der Waals surface area contributed by atoms with E-state index in [1.165, 1.54) is 10.8 Å². The van der Waals surface area contributed by atoms with Gasteiger partial charge in [0.1, 0.15) is 11.8 Å². The Morgan fingerprint density at radius 3 is 2.30 bits per heavy atom. The zero-order chi connectivity index (χ0) is 24.4. The third-order valence-electron chi connectivity index (χ3n) is 6.02. The number of hydrogen-bond acceptors (Lipinski definition) is 8. The van der Waals surface area contributed by atoms with Crippen molar-refractivity contribution in [3.05, 3.63) is 21.6 Å². The van der Waals surface area contributed by atoms with Gasteiger partial charge in [0.2, 0.25) is 0 Å². The Morgan fingerprint density at radius 2 is 1.79 bits per heavy atom. The topological polar surface area (TPSA) is 117 Å². The molecule has 1 amide bonds. The summed E-state index contributed by atoms with van der Waals surface area (Å²) in [6.45, 7) is 12.7. The largest absolute Gasteiger partial charge is 0.444 e. The van der Waals surface area contributed by atoms with Crippen LogP contribution in [0.4, 0.5) is 10.6 Å². The monoisotopic (exact) mass is 486 g/mol. The van der Waals surface area contributed by atoms with Crippen molar-refractivity contribution in [2.24, 2.45) is 0 Å². The highest BCUT2D eigenvalue weighted by molar-refractivity contribution is 6.28. The van der Waals surface area contributed by atoms with E-state index in [2.05, 4.69) is 14.8 Å². The fourth-order valence-electron chi connectivity index (χ4n) is 4.50. The third kappa shape index (κ3) is 7.26. The molecule has 0 radical (unpaired) electrons. The van der Waals surface area contributed by atoms with Crippen LogP contribution in [-0.4, -0.2) is 103 Å². The number of imidazole rings is 1. The second-order valence-electron chi connectivity index (χ2n) is 10.3. The van der Waals surface area contributed by atoms with Crippen LogP contribution in [0.25, 0.3) is 0 Å². The second kappa shape index (κ2) is 10.1. The molecule has 0 aliphatic carbocycles. The molecule has 1 N–H and O–H groups in total. The maximum Gasteiger partial charge on any atom is 0.410 e. The number of ether oxygens (including phenoxy) is 1. The number of nitrogens with zero attached hydrogens (tertiary/aromatic N) is 6. The molecule has 3 rings (SSSR count). The lowest BCUT2D eigenvalue weighted by Gasteiger charge is -2.44. The van der Waals surface area contributed by atoms with Crippen LogP contribution in [0.5, 0.6) is 0 Å². The maximum atomic E-state index is 12.3. The number of likely N-dealkylation sites (tertiary alicyclic amines) is 1. The summed E-state index contributed by atoms with van der Waals surface area (Å²) in [5.74, 6) is -0.331. The van der Waals surface area contributed by atoms with Crippen molar-refractivity contribution in [1.82, 2.24) is 24.3 Å². The smallest absolute Gasteiger partial charge is 0.410 e. The van der Waals surface area contributed by atoms with E-state index in [1.54, 1.807) is 11.8 Å². The molecule has 2 fully saturated rings. The minimum atomic E-state index is -1.11. The number of nitro groups is 1. The SMILES string of the molecule is CC(C)(C)OC(=O)N1CCC(N2CCN(C[C@](C)(O)Cn3cc([N+](=O)[O-])nc3Cl)CC2)CC1. The highest BCUT2D eigenvalue weighted by atomic mass is 35.5. The van der Waals surface area contributed by atoms with Gasteiger partial charge >= 0.3 is 17.2 Å². The third-order valence-corrected chi connectivity index (χ3v) is 6.32. The highest BCUT2D eigenvalue weighted by Crippen LogP contribution is 2.23. The number of hydrogen-bond donors (Lipinski definition) is 1. The first kappa shape index (κ1) is 25.7. The van der Waals surface area contributed by atoms with Crippen molar-refractivity contribution in [3.8, 4) is 0 Å². The molecule has 3 heterocycles. The van der Waals surface area contributed by atoms with E-state index >= 15 is 0 Å². The Bertz CT molecular complexity index is 839. The molecule has 0 bridgehead atoms. The van der Waals surface area contributed by atoms with Gasteiger partial charge in [-0.05, 0) is 62.0 Å². The van der Waals surface area contributed by atoms with Crippen LogP contribution in [0.15, 0.2) is 6.20 Å². The molecule has 0 aromatic carbocycles. The predicted octanol–water partition coefficient (Wildman–Crippen LogP) is 2.21. The van der Waals surface area contributed by atoms with Crippen molar-refractivity contribution in [2.45, 2.75) is 64.3 Å². The van der Waals surface area contributed by atoms with Crippen LogP contribution in [-0.2, 0) is 11.3 Å². The van der Waals surface area contributed by atoms with Crippen LogP contribution in [0.3, 0.4) is 0 Å². The number of piperazine rings is 1. The van der Waals surface area contributed by atoms with E-state index in [0.717, 1.165) is 39.0 Å². The highest BCUT2D eigenvalue weighted by Gasteiger charge is 2.33. The average Bonchev–Trinajstić information content (AvgIpc) is 3.07. The molecule has 2 aliphatic heterocycles. The summed E-state index contributed by atoms with van der Waals surface area (Å²) in [6, 6.07) is 0.441. The summed E-state index contributed by atoms with van der Waals surface area (Å²) in [6.07, 6.45) is 2.86. The first-order valence-corrected chi connectivity index (χ1v) is 11.7. The predicted molar refractivity (Wildman–Crippen MR) is 123 cm³/mol. The fraction of sp³-hybridized carbons (Fsp3) is 0.810. The van der Waals surface area contributed by atoms with E-state index in [4.69, 9.17) is 16.3 Å². The lowest BCUT2D eigenvalue weighted by atomic mass is 10.0. The number of rotatable bonds is 6. The van der Waals surface area contributed by atoms with Crippen LogP contribution < -0.4 is 0 Å². The number of amides is 1. The number of halogens is 1. The van der Waals surface area contributed by atoms with Crippen molar-refractivity contribution in [3.63, 3.8) is 0 Å². The molecule has 186 valence electrons. The van der Waals surface area contributed by atoms with E-state index < -0.39 is 16.1 Å². The lowest BCUT2D eigenvalue weighted by Crippen LogP contribution is -2.56. The average molecular weight is 487 g/mol. The molecule has 1 aromatic heterocycles. The first-order valence-electron chi connectivity index (χ1n) is 11.4. The van der Waals surface area contributed by atoms with E-state index in [1.807, 2.05) is 20.8 Å². The molecule has 11 nitrogen and oxygen atoms in total. The van der Waals surface area contributed by atoms with Crippen molar-refractivity contribution < 1.29 is 19.6 Å². The van der Waals surface area contributed by atoms with Gasteiger partial charge in [-0.15, -0.1) is 0 Å². The summed E-state index contributed by atoms with van der Waals surface area (Å²) < 4.78 is 6.89. The Balaban J connectivity index is 1.43. The van der Waals surface area contributed by atoms with Crippen molar-refractivity contribution >= 4 is 23.5 Å². The molecule has 1 atom stereocenters. The van der Waals surface area contributed by atoms with Crippen LogP contribution in [0.1, 0.15) is 40.5 Å². The number of aromatic nitrogens is 2. The standard InChI is InChI=1S/C21H35ClN6O5/c1-20(2,3)33-19(29)26-7-5-16(6-8-26)25-11-9-24(10-12-25)14-21(4,30)15-27-13-17(28(31)32)23-18(27)22/h13,16,30H,5-12,14-15H2,1-4H3/t21-/m0/s1.